The second-order valence-electron chi connectivity index (χ2n) is 4.70. The number of esters is 1. The van der Waals surface area contributed by atoms with Crippen molar-refractivity contribution >= 4 is 5.97 Å². The number of hydrogen-bond donors (Lipinski definition) is 0. The van der Waals surface area contributed by atoms with Crippen LogP contribution in [0.2, 0.25) is 0 Å². The molecule has 0 amide bonds. The van der Waals surface area contributed by atoms with Crippen LogP contribution in [0.1, 0.15) is 37.7 Å². The molecule has 2 rings (SSSR count). The summed E-state index contributed by atoms with van der Waals surface area (Å²) in [6.45, 7) is 0.278. The molecule has 0 spiro atoms. The molecule has 0 heterocycles. The van der Waals surface area contributed by atoms with Crippen LogP contribution in [-0.2, 0) is 16.1 Å². The minimum atomic E-state index is -0.993. The number of carbonyl (C=O) groups is 1. The molecule has 1 aromatic rings. The van der Waals surface area contributed by atoms with E-state index in [1.54, 1.807) is 0 Å². The summed E-state index contributed by atoms with van der Waals surface area (Å²) >= 11 is 0. The maximum atomic E-state index is 11.9. The normalized spacial score (nSPS) is 18.6. The first-order valence-electron chi connectivity index (χ1n) is 6.17. The zero-order chi connectivity index (χ0) is 12.1. The molecule has 1 aliphatic rings. The van der Waals surface area contributed by atoms with Gasteiger partial charge in [-0.05, 0) is 18.4 Å². The summed E-state index contributed by atoms with van der Waals surface area (Å²) in [5.41, 5.74) is 8.10. The average molecular weight is 232 g/mol. The molecule has 1 aromatic carbocycles. The lowest BCUT2D eigenvalue weighted by Gasteiger charge is -2.29. The number of rotatable bonds is 3. The highest BCUT2D eigenvalue weighted by atomic mass is 16.5. The van der Waals surface area contributed by atoms with Gasteiger partial charge in [0.2, 0.25) is 0 Å². The van der Waals surface area contributed by atoms with E-state index in [9.17, 15) is 4.79 Å². The van der Waals surface area contributed by atoms with Crippen molar-refractivity contribution in [2.75, 3.05) is 0 Å². The number of ether oxygens (including phenoxy) is 1. The van der Waals surface area contributed by atoms with Crippen LogP contribution < -0.4 is 5.73 Å². The van der Waals surface area contributed by atoms with Crippen LogP contribution in [0, 0.1) is 0 Å². The first kappa shape index (κ1) is 12.1. The molecule has 3 nitrogen and oxygen atoms in total. The number of benzene rings is 1. The summed E-state index contributed by atoms with van der Waals surface area (Å²) in [7, 11) is 0. The Morgan fingerprint density at radius 1 is 1.18 bits per heavy atom. The summed E-state index contributed by atoms with van der Waals surface area (Å²) in [5.74, 6) is -0.360. The molecule has 1 radical (unpaired) electrons. The fourth-order valence-corrected chi connectivity index (χ4v) is 2.22. The third-order valence-corrected chi connectivity index (χ3v) is 3.31. The molecule has 1 aliphatic carbocycles. The predicted molar refractivity (Wildman–Crippen MR) is 65.2 cm³/mol. The second kappa shape index (κ2) is 5.32. The van der Waals surface area contributed by atoms with Crippen molar-refractivity contribution in [3.8, 4) is 0 Å². The summed E-state index contributed by atoms with van der Waals surface area (Å²) < 4.78 is 5.24. The van der Waals surface area contributed by atoms with E-state index < -0.39 is 5.54 Å². The quantitative estimate of drug-likeness (QED) is 0.752. The molecule has 1 fully saturated rings. The smallest absolute Gasteiger partial charge is 0.327 e. The van der Waals surface area contributed by atoms with E-state index in [1.165, 1.54) is 0 Å². The molecule has 0 bridgehead atoms. The van der Waals surface area contributed by atoms with Gasteiger partial charge in [0.25, 0.3) is 0 Å². The summed E-state index contributed by atoms with van der Waals surface area (Å²) in [6.07, 6.45) is 4.34. The number of hydrogen-bond acceptors (Lipinski definition) is 2. The topological polar surface area (TPSA) is 50.1 Å². The molecule has 0 aromatic heterocycles. The van der Waals surface area contributed by atoms with Crippen molar-refractivity contribution in [2.45, 2.75) is 44.2 Å². The first-order valence-corrected chi connectivity index (χ1v) is 6.17. The van der Waals surface area contributed by atoms with Gasteiger partial charge in [-0.25, -0.2) is 10.5 Å². The van der Waals surface area contributed by atoms with Crippen LogP contribution in [0.4, 0.5) is 0 Å². The summed E-state index contributed by atoms with van der Waals surface area (Å²) in [4.78, 5) is 11.9. The molecule has 1 N–H and O–H groups in total. The van der Waals surface area contributed by atoms with Crippen molar-refractivity contribution in [2.24, 2.45) is 0 Å². The van der Waals surface area contributed by atoms with Crippen molar-refractivity contribution < 1.29 is 9.53 Å². The molecule has 0 aliphatic heterocycles. The Morgan fingerprint density at radius 2 is 1.82 bits per heavy atom. The van der Waals surface area contributed by atoms with Gasteiger partial charge in [-0.1, -0.05) is 49.6 Å². The third kappa shape index (κ3) is 3.07. The van der Waals surface area contributed by atoms with Crippen molar-refractivity contribution in [1.29, 1.82) is 0 Å². The highest BCUT2D eigenvalue weighted by Gasteiger charge is 2.37. The first-order chi connectivity index (χ1) is 8.21. The molecular formula is C14H18NO2. The molecule has 0 atom stereocenters. The van der Waals surface area contributed by atoms with E-state index in [2.05, 4.69) is 0 Å². The van der Waals surface area contributed by atoms with E-state index >= 15 is 0 Å². The van der Waals surface area contributed by atoms with E-state index in [4.69, 9.17) is 10.5 Å². The zero-order valence-corrected chi connectivity index (χ0v) is 9.95. The van der Waals surface area contributed by atoms with Gasteiger partial charge in [0.1, 0.15) is 12.1 Å². The van der Waals surface area contributed by atoms with Gasteiger partial charge in [-0.15, -0.1) is 0 Å². The van der Waals surface area contributed by atoms with Crippen LogP contribution >= 0.6 is 0 Å². The van der Waals surface area contributed by atoms with Gasteiger partial charge < -0.3 is 4.74 Å². The molecular weight excluding hydrogens is 214 g/mol. The lowest BCUT2D eigenvalue weighted by molar-refractivity contribution is -0.153. The Bertz CT molecular complexity index is 369. The van der Waals surface area contributed by atoms with Crippen LogP contribution in [0.25, 0.3) is 0 Å². The molecule has 3 heteroatoms. The third-order valence-electron chi connectivity index (χ3n) is 3.31. The monoisotopic (exact) mass is 232 g/mol. The minimum Gasteiger partial charge on any atom is -0.459 e. The Morgan fingerprint density at radius 3 is 2.47 bits per heavy atom. The predicted octanol–water partition coefficient (Wildman–Crippen LogP) is 2.72. The molecule has 17 heavy (non-hydrogen) atoms. The SMILES string of the molecule is [NH]C1(C(=O)OCc2ccccc2)CCCCC1. The van der Waals surface area contributed by atoms with Gasteiger partial charge in [0, 0.05) is 0 Å². The Labute approximate surface area is 102 Å². The zero-order valence-electron chi connectivity index (χ0n) is 9.95. The molecule has 0 unspecified atom stereocenters. The Balaban J connectivity index is 1.88. The highest BCUT2D eigenvalue weighted by Crippen LogP contribution is 2.28. The number of nitrogens with one attached hydrogen (secondary N) is 1. The summed E-state index contributed by atoms with van der Waals surface area (Å²) in [5, 5.41) is 0. The standard InChI is InChI=1S/C14H18NO2/c15-14(9-5-2-6-10-14)13(16)17-11-12-7-3-1-4-8-12/h1,3-4,7-8,15H,2,5-6,9-11H2. The van der Waals surface area contributed by atoms with E-state index in [-0.39, 0.29) is 12.6 Å². The average Bonchev–Trinajstić information content (AvgIpc) is 2.38. The van der Waals surface area contributed by atoms with E-state index in [0.29, 0.717) is 12.8 Å². The van der Waals surface area contributed by atoms with Gasteiger partial charge in [-0.2, -0.15) is 0 Å². The van der Waals surface area contributed by atoms with Crippen molar-refractivity contribution in [3.63, 3.8) is 0 Å². The molecule has 0 saturated heterocycles. The van der Waals surface area contributed by atoms with Gasteiger partial charge in [-0.3, -0.25) is 0 Å². The maximum Gasteiger partial charge on any atom is 0.327 e. The minimum absolute atomic E-state index is 0.278. The summed E-state index contributed by atoms with van der Waals surface area (Å²) in [6, 6.07) is 9.61. The van der Waals surface area contributed by atoms with E-state index in [0.717, 1.165) is 24.8 Å². The van der Waals surface area contributed by atoms with Crippen molar-refractivity contribution in [3.05, 3.63) is 35.9 Å². The van der Waals surface area contributed by atoms with Crippen LogP contribution in [-0.4, -0.2) is 11.5 Å². The van der Waals surface area contributed by atoms with Crippen LogP contribution in [0.15, 0.2) is 30.3 Å². The second-order valence-corrected chi connectivity index (χ2v) is 4.70. The Hall–Kier alpha value is -1.35. The highest BCUT2D eigenvalue weighted by molar-refractivity contribution is 5.80. The maximum absolute atomic E-state index is 11.9. The largest absolute Gasteiger partial charge is 0.459 e. The van der Waals surface area contributed by atoms with Gasteiger partial charge >= 0.3 is 5.97 Å². The van der Waals surface area contributed by atoms with Gasteiger partial charge in [0.05, 0.1) is 0 Å². The molecule has 91 valence electrons. The van der Waals surface area contributed by atoms with Gasteiger partial charge in [0.15, 0.2) is 0 Å². The molecule has 1 saturated carbocycles. The lowest BCUT2D eigenvalue weighted by Crippen LogP contribution is -2.43. The fourth-order valence-electron chi connectivity index (χ4n) is 2.22. The Kier molecular flexibility index (Phi) is 3.79. The van der Waals surface area contributed by atoms with Crippen molar-refractivity contribution in [1.82, 2.24) is 5.73 Å². The van der Waals surface area contributed by atoms with Crippen LogP contribution in [0.5, 0.6) is 0 Å². The number of carbonyl (C=O) groups excluding carboxylic acids is 1. The van der Waals surface area contributed by atoms with Crippen LogP contribution in [0.3, 0.4) is 0 Å². The lowest BCUT2D eigenvalue weighted by atomic mass is 9.83. The van der Waals surface area contributed by atoms with E-state index in [1.807, 2.05) is 30.3 Å². The fraction of sp³-hybridized carbons (Fsp3) is 0.500.